The third kappa shape index (κ3) is 3.60. The number of alkyl halides is 1. The van der Waals surface area contributed by atoms with Crippen LogP contribution in [0.15, 0.2) is 53.7 Å². The van der Waals surface area contributed by atoms with Crippen molar-refractivity contribution in [3.63, 3.8) is 0 Å². The lowest BCUT2D eigenvalue weighted by Crippen LogP contribution is -2.14. The molecule has 0 saturated heterocycles. The molecule has 23 heavy (non-hydrogen) atoms. The zero-order valence-corrected chi connectivity index (χ0v) is 13.7. The van der Waals surface area contributed by atoms with E-state index in [1.165, 1.54) is 0 Å². The fourth-order valence-corrected chi connectivity index (χ4v) is 3.36. The van der Waals surface area contributed by atoms with Crippen LogP contribution in [-0.2, 0) is 21.3 Å². The van der Waals surface area contributed by atoms with Gasteiger partial charge in [0.25, 0.3) is 0 Å². The predicted molar refractivity (Wildman–Crippen MR) is 92.0 cm³/mol. The van der Waals surface area contributed by atoms with Crippen LogP contribution in [0.4, 0.5) is 5.69 Å². The van der Waals surface area contributed by atoms with Crippen molar-refractivity contribution in [2.75, 3.05) is 11.2 Å². The summed E-state index contributed by atoms with van der Waals surface area (Å²) < 4.78 is 12.6. The number of nitrogens with one attached hydrogen (secondary N) is 2. The first-order chi connectivity index (χ1) is 11.2. The van der Waals surface area contributed by atoms with Crippen LogP contribution in [0.5, 0.6) is 0 Å². The minimum Gasteiger partial charge on any atom is -0.331 e. The first kappa shape index (κ1) is 15.7. The molecule has 1 amide bonds. The molecule has 1 atom stereocenters. The first-order valence-electron chi connectivity index (χ1n) is 6.94. The number of carbonyl (C=O) groups is 1. The number of nitrogens with zero attached hydrogens (tertiary/aromatic N) is 1. The molecule has 2 N–H and O–H groups in total. The maximum absolute atomic E-state index is 12.6. The van der Waals surface area contributed by atoms with Gasteiger partial charge in [0.2, 0.25) is 5.91 Å². The van der Waals surface area contributed by atoms with Crippen LogP contribution in [-0.4, -0.2) is 26.0 Å². The minimum atomic E-state index is -1.35. The van der Waals surface area contributed by atoms with Crippen molar-refractivity contribution in [2.24, 2.45) is 0 Å². The molecule has 1 aromatic heterocycles. The van der Waals surface area contributed by atoms with Gasteiger partial charge in [-0.2, -0.15) is 0 Å². The summed E-state index contributed by atoms with van der Waals surface area (Å²) in [6.45, 7) is 0. The summed E-state index contributed by atoms with van der Waals surface area (Å²) in [5, 5.41) is 3.13. The van der Waals surface area contributed by atoms with E-state index >= 15 is 0 Å². The fourth-order valence-electron chi connectivity index (χ4n) is 2.20. The van der Waals surface area contributed by atoms with Crippen LogP contribution in [0, 0.1) is 0 Å². The summed E-state index contributed by atoms with van der Waals surface area (Å²) in [5.41, 5.74) is 3.01. The Labute approximate surface area is 140 Å². The second kappa shape index (κ2) is 6.93. The second-order valence-corrected chi connectivity index (χ2v) is 6.52. The number of benzene rings is 2. The van der Waals surface area contributed by atoms with Crippen LogP contribution in [0.1, 0.15) is 5.56 Å². The number of aromatic nitrogens is 2. The van der Waals surface area contributed by atoms with Gasteiger partial charge in [-0.05, 0) is 23.8 Å². The number of imidazole rings is 1. The number of carbonyl (C=O) groups excluding carboxylic acids is 1. The Morgan fingerprint density at radius 1 is 1.17 bits per heavy atom. The van der Waals surface area contributed by atoms with E-state index in [1.54, 1.807) is 12.1 Å². The lowest BCUT2D eigenvalue weighted by Gasteiger charge is -2.09. The van der Waals surface area contributed by atoms with Gasteiger partial charge in [0.05, 0.1) is 27.6 Å². The summed E-state index contributed by atoms with van der Waals surface area (Å²) in [4.78, 5) is 18.9. The molecular formula is C16H14ClN3O2S. The van der Waals surface area contributed by atoms with Crippen molar-refractivity contribution in [1.82, 2.24) is 9.97 Å². The SMILES string of the molecule is O=C(CCl)Nc1ccccc1C[S@](=O)c1nc2ccccc2[nH]1. The normalized spacial score (nSPS) is 12.2. The number of hydrogen-bond acceptors (Lipinski definition) is 3. The number of hydrogen-bond donors (Lipinski definition) is 2. The summed E-state index contributed by atoms with van der Waals surface area (Å²) >= 11 is 5.51. The third-order valence-electron chi connectivity index (χ3n) is 3.28. The van der Waals surface area contributed by atoms with Crippen LogP contribution < -0.4 is 5.32 Å². The lowest BCUT2D eigenvalue weighted by atomic mass is 10.2. The smallest absolute Gasteiger partial charge is 0.239 e. The zero-order chi connectivity index (χ0) is 16.2. The number of para-hydroxylation sites is 3. The Balaban J connectivity index is 1.83. The highest BCUT2D eigenvalue weighted by atomic mass is 35.5. The van der Waals surface area contributed by atoms with E-state index in [2.05, 4.69) is 15.3 Å². The molecule has 2 aromatic carbocycles. The Hall–Kier alpha value is -2.18. The van der Waals surface area contributed by atoms with Gasteiger partial charge >= 0.3 is 0 Å². The predicted octanol–water partition coefficient (Wildman–Crippen LogP) is 3.05. The van der Waals surface area contributed by atoms with E-state index in [9.17, 15) is 9.00 Å². The molecule has 0 fully saturated rings. The number of amides is 1. The van der Waals surface area contributed by atoms with Crippen LogP contribution in [0.25, 0.3) is 11.0 Å². The number of rotatable bonds is 5. The number of aromatic amines is 1. The molecule has 0 spiro atoms. The van der Waals surface area contributed by atoms with Crippen LogP contribution in [0.2, 0.25) is 0 Å². The number of halogens is 1. The van der Waals surface area contributed by atoms with Gasteiger partial charge in [-0.3, -0.25) is 9.00 Å². The van der Waals surface area contributed by atoms with Crippen LogP contribution in [0.3, 0.4) is 0 Å². The van der Waals surface area contributed by atoms with Crippen molar-refractivity contribution in [2.45, 2.75) is 10.9 Å². The molecule has 0 bridgehead atoms. The Morgan fingerprint density at radius 2 is 1.91 bits per heavy atom. The molecule has 0 radical (unpaired) electrons. The maximum atomic E-state index is 12.6. The molecule has 7 heteroatoms. The topological polar surface area (TPSA) is 74.8 Å². The monoisotopic (exact) mass is 347 g/mol. The molecule has 0 unspecified atom stereocenters. The van der Waals surface area contributed by atoms with Crippen LogP contribution >= 0.6 is 11.6 Å². The third-order valence-corrected chi connectivity index (χ3v) is 4.72. The largest absolute Gasteiger partial charge is 0.331 e. The molecule has 3 rings (SSSR count). The summed E-state index contributed by atoms with van der Waals surface area (Å²) in [5.74, 6) is -0.173. The Morgan fingerprint density at radius 3 is 2.70 bits per heavy atom. The van der Waals surface area contributed by atoms with E-state index in [0.717, 1.165) is 16.6 Å². The van der Waals surface area contributed by atoms with Crippen molar-refractivity contribution < 1.29 is 9.00 Å². The molecule has 0 aliphatic carbocycles. The molecular weight excluding hydrogens is 334 g/mol. The summed E-state index contributed by atoms with van der Waals surface area (Å²) in [6.07, 6.45) is 0. The molecule has 118 valence electrons. The van der Waals surface area contributed by atoms with Gasteiger partial charge in [-0.25, -0.2) is 4.98 Å². The average molecular weight is 348 g/mol. The van der Waals surface area contributed by atoms with E-state index in [-0.39, 0.29) is 17.5 Å². The molecule has 0 aliphatic rings. The summed E-state index contributed by atoms with van der Waals surface area (Å²) in [6, 6.07) is 14.7. The molecule has 0 aliphatic heterocycles. The summed E-state index contributed by atoms with van der Waals surface area (Å²) in [7, 11) is -1.35. The quantitative estimate of drug-likeness (QED) is 0.696. The average Bonchev–Trinajstić information content (AvgIpc) is 3.00. The number of anilines is 1. The minimum absolute atomic E-state index is 0.124. The number of H-pyrrole nitrogens is 1. The highest BCUT2D eigenvalue weighted by molar-refractivity contribution is 7.84. The fraction of sp³-hybridized carbons (Fsp3) is 0.125. The first-order valence-corrected chi connectivity index (χ1v) is 8.79. The van der Waals surface area contributed by atoms with Gasteiger partial charge in [-0.1, -0.05) is 30.3 Å². The van der Waals surface area contributed by atoms with Crippen molar-refractivity contribution in [1.29, 1.82) is 0 Å². The Kier molecular flexibility index (Phi) is 4.73. The molecule has 3 aromatic rings. The van der Waals surface area contributed by atoms with Crippen molar-refractivity contribution in [3.05, 3.63) is 54.1 Å². The van der Waals surface area contributed by atoms with Gasteiger partial charge in [-0.15, -0.1) is 11.6 Å². The van der Waals surface area contributed by atoms with Gasteiger partial charge in [0.1, 0.15) is 5.88 Å². The van der Waals surface area contributed by atoms with Gasteiger partial charge in [0, 0.05) is 5.69 Å². The second-order valence-electron chi connectivity index (χ2n) is 4.89. The number of fused-ring (bicyclic) bond motifs is 1. The molecule has 1 heterocycles. The Bertz CT molecular complexity index is 845. The van der Waals surface area contributed by atoms with Gasteiger partial charge in [0.15, 0.2) is 5.16 Å². The molecule has 0 saturated carbocycles. The highest BCUT2D eigenvalue weighted by Crippen LogP contribution is 2.20. The maximum Gasteiger partial charge on any atom is 0.239 e. The molecule has 5 nitrogen and oxygen atoms in total. The van der Waals surface area contributed by atoms with E-state index in [1.807, 2.05) is 36.4 Å². The lowest BCUT2D eigenvalue weighted by molar-refractivity contribution is -0.113. The van der Waals surface area contributed by atoms with E-state index in [4.69, 9.17) is 11.6 Å². The highest BCUT2D eigenvalue weighted by Gasteiger charge is 2.13. The van der Waals surface area contributed by atoms with Gasteiger partial charge < -0.3 is 10.3 Å². The zero-order valence-electron chi connectivity index (χ0n) is 12.1. The van der Waals surface area contributed by atoms with Crippen molar-refractivity contribution >= 4 is 45.0 Å². The standard InChI is InChI=1S/C16H14ClN3O2S/c17-9-15(21)18-12-6-2-1-5-11(12)10-23(22)16-19-13-7-3-4-8-14(13)20-16/h1-8H,9-10H2,(H,18,21)(H,19,20)/t23-/m0/s1. The van der Waals surface area contributed by atoms with Crippen molar-refractivity contribution in [3.8, 4) is 0 Å². The van der Waals surface area contributed by atoms with E-state index in [0.29, 0.717) is 10.8 Å². The van der Waals surface area contributed by atoms with E-state index < -0.39 is 10.8 Å².